The average molecular weight is 277 g/mol. The molecule has 2 aromatic rings. The topological polar surface area (TPSA) is 83.6 Å². The normalized spacial score (nSPS) is 11.9. The van der Waals surface area contributed by atoms with Crippen LogP contribution in [0.4, 0.5) is 0 Å². The molecule has 7 nitrogen and oxygen atoms in total. The van der Waals surface area contributed by atoms with E-state index in [2.05, 4.69) is 15.1 Å². The van der Waals surface area contributed by atoms with Crippen LogP contribution in [0, 0.1) is 13.8 Å². The highest BCUT2D eigenvalue weighted by atomic mass is 16.3. The van der Waals surface area contributed by atoms with E-state index in [0.29, 0.717) is 5.78 Å². The summed E-state index contributed by atoms with van der Waals surface area (Å²) in [6.07, 6.45) is 0. The molecule has 0 atom stereocenters. The number of aromatic nitrogens is 4. The summed E-state index contributed by atoms with van der Waals surface area (Å²) in [5.74, 6) is 0.142. The Balaban J connectivity index is 2.44. The van der Waals surface area contributed by atoms with Gasteiger partial charge in [0.15, 0.2) is 0 Å². The fraction of sp³-hybridized carbons (Fsp3) is 0.538. The van der Waals surface area contributed by atoms with Gasteiger partial charge in [-0.05, 0) is 33.8 Å². The molecule has 108 valence electrons. The van der Waals surface area contributed by atoms with Crippen LogP contribution < -0.4 is 0 Å². The van der Waals surface area contributed by atoms with E-state index in [1.807, 2.05) is 19.9 Å². The lowest BCUT2D eigenvalue weighted by Gasteiger charge is -2.32. The van der Waals surface area contributed by atoms with E-state index in [1.165, 1.54) is 4.90 Å². The van der Waals surface area contributed by atoms with Crippen molar-refractivity contribution in [1.82, 2.24) is 24.5 Å². The molecule has 2 heterocycles. The Morgan fingerprint density at radius 3 is 2.65 bits per heavy atom. The number of likely N-dealkylation sites (N-methyl/N-ethyl adjacent to an activating group) is 1. The Kier molecular flexibility index (Phi) is 3.47. The van der Waals surface area contributed by atoms with Gasteiger partial charge in [-0.15, -0.1) is 5.10 Å². The van der Waals surface area contributed by atoms with Crippen LogP contribution in [-0.2, 0) is 0 Å². The highest BCUT2D eigenvalue weighted by Crippen LogP contribution is 2.14. The lowest BCUT2D eigenvalue weighted by Crippen LogP contribution is -2.48. The van der Waals surface area contributed by atoms with E-state index in [9.17, 15) is 9.90 Å². The van der Waals surface area contributed by atoms with Gasteiger partial charge in [-0.3, -0.25) is 4.79 Å². The molecule has 0 aliphatic carbocycles. The molecular formula is C13H19N5O2. The molecule has 0 aliphatic heterocycles. The molecule has 20 heavy (non-hydrogen) atoms. The maximum Gasteiger partial charge on any atom is 0.293 e. The molecule has 2 rings (SSSR count). The number of carbonyl (C=O) groups excluding carboxylic acids is 1. The third-order valence-electron chi connectivity index (χ3n) is 3.41. The van der Waals surface area contributed by atoms with Crippen molar-refractivity contribution in [2.45, 2.75) is 33.2 Å². The van der Waals surface area contributed by atoms with Crippen LogP contribution in [0.3, 0.4) is 0 Å². The number of aliphatic hydroxyl groups is 1. The number of rotatable bonds is 3. The summed E-state index contributed by atoms with van der Waals surface area (Å²) in [6, 6.07) is 1.87. The van der Waals surface area contributed by atoms with Crippen molar-refractivity contribution in [2.24, 2.45) is 0 Å². The van der Waals surface area contributed by atoms with Crippen molar-refractivity contribution >= 4 is 11.7 Å². The Morgan fingerprint density at radius 1 is 1.40 bits per heavy atom. The Morgan fingerprint density at radius 2 is 2.05 bits per heavy atom. The summed E-state index contributed by atoms with van der Waals surface area (Å²) in [5.41, 5.74) is 1.01. The quantitative estimate of drug-likeness (QED) is 0.887. The van der Waals surface area contributed by atoms with Gasteiger partial charge in [-0.25, -0.2) is 9.50 Å². The summed E-state index contributed by atoms with van der Waals surface area (Å²) in [5, 5.41) is 13.5. The predicted octanol–water partition coefficient (Wildman–Crippen LogP) is 0.584. The Hall–Kier alpha value is -2.02. The Bertz CT molecular complexity index is 662. The second-order valence-corrected chi connectivity index (χ2v) is 5.52. The SMILES string of the molecule is Cc1cc(C)n2nc(C(=O)N(C)C(C)(C)CO)nc2n1. The van der Waals surface area contributed by atoms with Gasteiger partial charge in [0.1, 0.15) is 0 Å². The van der Waals surface area contributed by atoms with Gasteiger partial charge in [0.05, 0.1) is 12.1 Å². The molecule has 0 saturated heterocycles. The lowest BCUT2D eigenvalue weighted by molar-refractivity contribution is 0.0462. The van der Waals surface area contributed by atoms with E-state index in [-0.39, 0.29) is 18.3 Å². The number of aryl methyl sites for hydroxylation is 2. The number of aliphatic hydroxyl groups excluding tert-OH is 1. The minimum Gasteiger partial charge on any atom is -0.394 e. The zero-order valence-electron chi connectivity index (χ0n) is 12.4. The highest BCUT2D eigenvalue weighted by Gasteiger charge is 2.30. The van der Waals surface area contributed by atoms with Crippen LogP contribution in [0.2, 0.25) is 0 Å². The molecule has 0 spiro atoms. The van der Waals surface area contributed by atoms with Gasteiger partial charge in [-0.1, -0.05) is 0 Å². The first-order valence-corrected chi connectivity index (χ1v) is 6.36. The van der Waals surface area contributed by atoms with Crippen molar-refractivity contribution in [2.75, 3.05) is 13.7 Å². The van der Waals surface area contributed by atoms with Gasteiger partial charge >= 0.3 is 0 Å². The van der Waals surface area contributed by atoms with Crippen LogP contribution in [0.5, 0.6) is 0 Å². The molecule has 0 aromatic carbocycles. The molecular weight excluding hydrogens is 258 g/mol. The second kappa shape index (κ2) is 4.82. The van der Waals surface area contributed by atoms with Crippen molar-refractivity contribution < 1.29 is 9.90 Å². The van der Waals surface area contributed by atoms with Crippen LogP contribution in [-0.4, -0.2) is 54.7 Å². The molecule has 1 amide bonds. The maximum atomic E-state index is 12.4. The van der Waals surface area contributed by atoms with Crippen molar-refractivity contribution in [3.05, 3.63) is 23.3 Å². The molecule has 7 heteroatoms. The molecule has 0 radical (unpaired) electrons. The summed E-state index contributed by atoms with van der Waals surface area (Å²) < 4.78 is 1.54. The van der Waals surface area contributed by atoms with Gasteiger partial charge in [-0.2, -0.15) is 4.98 Å². The molecule has 0 aliphatic rings. The standard InChI is InChI=1S/C13H19N5O2/c1-8-6-9(2)18-12(14-8)15-10(16-18)11(20)17(5)13(3,4)7-19/h6,19H,7H2,1-5H3. The molecule has 0 bridgehead atoms. The summed E-state index contributed by atoms with van der Waals surface area (Å²) in [6.45, 7) is 7.15. The fourth-order valence-corrected chi connectivity index (χ4v) is 1.79. The maximum absolute atomic E-state index is 12.4. The van der Waals surface area contributed by atoms with E-state index < -0.39 is 5.54 Å². The minimum atomic E-state index is -0.674. The molecule has 1 N–H and O–H groups in total. The minimum absolute atomic E-state index is 0.0789. The van der Waals surface area contributed by atoms with E-state index in [1.54, 1.807) is 25.4 Å². The Labute approximate surface area is 117 Å². The van der Waals surface area contributed by atoms with Gasteiger partial charge < -0.3 is 10.0 Å². The third kappa shape index (κ3) is 2.36. The molecule has 0 saturated carbocycles. The smallest absolute Gasteiger partial charge is 0.293 e. The second-order valence-electron chi connectivity index (χ2n) is 5.52. The first kappa shape index (κ1) is 14.4. The lowest BCUT2D eigenvalue weighted by atomic mass is 10.1. The third-order valence-corrected chi connectivity index (χ3v) is 3.41. The number of fused-ring (bicyclic) bond motifs is 1. The van der Waals surface area contributed by atoms with Crippen LogP contribution >= 0.6 is 0 Å². The predicted molar refractivity (Wildman–Crippen MR) is 73.5 cm³/mol. The number of nitrogens with zero attached hydrogens (tertiary/aromatic N) is 5. The van der Waals surface area contributed by atoms with Crippen LogP contribution in [0.15, 0.2) is 6.07 Å². The average Bonchev–Trinajstić information content (AvgIpc) is 2.81. The monoisotopic (exact) mass is 277 g/mol. The van der Waals surface area contributed by atoms with Gasteiger partial charge in [0, 0.05) is 18.4 Å². The van der Waals surface area contributed by atoms with Gasteiger partial charge in [0.2, 0.25) is 5.82 Å². The highest BCUT2D eigenvalue weighted by molar-refractivity contribution is 5.91. The van der Waals surface area contributed by atoms with Crippen molar-refractivity contribution in [1.29, 1.82) is 0 Å². The zero-order chi connectivity index (χ0) is 15.1. The van der Waals surface area contributed by atoms with E-state index in [0.717, 1.165) is 11.4 Å². The summed E-state index contributed by atoms with van der Waals surface area (Å²) in [4.78, 5) is 22.2. The number of hydrogen-bond acceptors (Lipinski definition) is 5. The van der Waals surface area contributed by atoms with Crippen molar-refractivity contribution in [3.63, 3.8) is 0 Å². The number of amides is 1. The molecule has 2 aromatic heterocycles. The number of carbonyl (C=O) groups is 1. The summed E-state index contributed by atoms with van der Waals surface area (Å²) in [7, 11) is 1.62. The molecule has 0 unspecified atom stereocenters. The van der Waals surface area contributed by atoms with Crippen molar-refractivity contribution in [3.8, 4) is 0 Å². The van der Waals surface area contributed by atoms with Crippen LogP contribution in [0.1, 0.15) is 35.9 Å². The first-order valence-electron chi connectivity index (χ1n) is 6.36. The van der Waals surface area contributed by atoms with E-state index in [4.69, 9.17) is 0 Å². The fourth-order valence-electron chi connectivity index (χ4n) is 1.79. The summed E-state index contributed by atoms with van der Waals surface area (Å²) >= 11 is 0. The van der Waals surface area contributed by atoms with Gasteiger partial charge in [0.25, 0.3) is 11.7 Å². The molecule has 0 fully saturated rings. The zero-order valence-corrected chi connectivity index (χ0v) is 12.4. The number of hydrogen-bond donors (Lipinski definition) is 1. The largest absolute Gasteiger partial charge is 0.394 e. The first-order chi connectivity index (χ1) is 9.26. The van der Waals surface area contributed by atoms with E-state index >= 15 is 0 Å². The van der Waals surface area contributed by atoms with Crippen LogP contribution in [0.25, 0.3) is 5.78 Å².